The highest BCUT2D eigenvalue weighted by molar-refractivity contribution is 6.34. The molecule has 5 heteroatoms. The first kappa shape index (κ1) is 16.3. The van der Waals surface area contributed by atoms with Crippen molar-refractivity contribution in [2.24, 2.45) is 11.1 Å². The Morgan fingerprint density at radius 2 is 2.19 bits per heavy atom. The molecule has 0 aromatic heterocycles. The van der Waals surface area contributed by atoms with Crippen LogP contribution in [0.5, 0.6) is 0 Å². The van der Waals surface area contributed by atoms with Gasteiger partial charge in [0.05, 0.1) is 17.3 Å². The fourth-order valence-electron chi connectivity index (χ4n) is 2.88. The zero-order valence-electron chi connectivity index (χ0n) is 13.0. The van der Waals surface area contributed by atoms with Crippen LogP contribution in [-0.2, 0) is 4.79 Å². The van der Waals surface area contributed by atoms with Gasteiger partial charge in [0, 0.05) is 6.54 Å². The Bertz CT molecular complexity index is 523. The number of nitrogens with zero attached hydrogens (tertiary/aromatic N) is 1. The van der Waals surface area contributed by atoms with E-state index in [9.17, 15) is 4.79 Å². The highest BCUT2D eigenvalue weighted by atomic mass is 35.5. The van der Waals surface area contributed by atoms with E-state index in [-0.39, 0.29) is 11.3 Å². The van der Waals surface area contributed by atoms with Gasteiger partial charge >= 0.3 is 0 Å². The number of carbonyl (C=O) groups is 1. The van der Waals surface area contributed by atoms with Gasteiger partial charge in [-0.1, -0.05) is 24.6 Å². The molecule has 1 aliphatic heterocycles. The predicted octanol–water partition coefficient (Wildman–Crippen LogP) is 2.57. The van der Waals surface area contributed by atoms with Crippen molar-refractivity contribution in [1.29, 1.82) is 0 Å². The van der Waals surface area contributed by atoms with Crippen LogP contribution in [0.25, 0.3) is 0 Å². The summed E-state index contributed by atoms with van der Waals surface area (Å²) in [6.07, 6.45) is 1.04. The summed E-state index contributed by atoms with van der Waals surface area (Å²) < 4.78 is 0. The zero-order chi connectivity index (χ0) is 15.6. The van der Waals surface area contributed by atoms with Gasteiger partial charge in [0.15, 0.2) is 0 Å². The van der Waals surface area contributed by atoms with Crippen molar-refractivity contribution in [2.75, 3.05) is 31.5 Å². The number of nitrogens with two attached hydrogens (primary N) is 1. The lowest BCUT2D eigenvalue weighted by molar-refractivity contribution is -0.117. The number of rotatable bonds is 4. The molecule has 21 heavy (non-hydrogen) atoms. The van der Waals surface area contributed by atoms with Crippen molar-refractivity contribution in [3.05, 3.63) is 28.3 Å². The summed E-state index contributed by atoms with van der Waals surface area (Å²) in [5.74, 6) is -0.0230. The lowest BCUT2D eigenvalue weighted by Crippen LogP contribution is -2.35. The van der Waals surface area contributed by atoms with Crippen LogP contribution in [-0.4, -0.2) is 37.0 Å². The molecule has 1 fully saturated rings. The zero-order valence-corrected chi connectivity index (χ0v) is 13.8. The topological polar surface area (TPSA) is 58.4 Å². The van der Waals surface area contributed by atoms with E-state index < -0.39 is 0 Å². The molecule has 1 aromatic rings. The smallest absolute Gasteiger partial charge is 0.238 e. The number of anilines is 1. The first-order chi connectivity index (χ1) is 9.83. The van der Waals surface area contributed by atoms with E-state index in [4.69, 9.17) is 17.3 Å². The molecule has 0 radical (unpaired) electrons. The molecule has 0 saturated carbocycles. The number of nitrogens with one attached hydrogen (secondary N) is 1. The van der Waals surface area contributed by atoms with Crippen molar-refractivity contribution in [2.45, 2.75) is 27.2 Å². The van der Waals surface area contributed by atoms with Gasteiger partial charge in [-0.3, -0.25) is 9.69 Å². The molecule has 1 saturated heterocycles. The average molecular weight is 310 g/mol. The Morgan fingerprint density at radius 1 is 1.48 bits per heavy atom. The van der Waals surface area contributed by atoms with Crippen molar-refractivity contribution < 1.29 is 4.79 Å². The molecule has 1 atom stereocenters. The van der Waals surface area contributed by atoms with Crippen LogP contribution >= 0.6 is 11.6 Å². The van der Waals surface area contributed by atoms with E-state index in [0.29, 0.717) is 23.8 Å². The van der Waals surface area contributed by atoms with Gasteiger partial charge in [-0.25, -0.2) is 0 Å². The maximum absolute atomic E-state index is 12.2. The summed E-state index contributed by atoms with van der Waals surface area (Å²) in [6.45, 7) is 8.95. The van der Waals surface area contributed by atoms with E-state index in [1.165, 1.54) is 0 Å². The number of halogens is 1. The van der Waals surface area contributed by atoms with Gasteiger partial charge in [-0.05, 0) is 56.0 Å². The van der Waals surface area contributed by atoms with Crippen LogP contribution in [0.2, 0.25) is 5.02 Å². The molecule has 116 valence electrons. The van der Waals surface area contributed by atoms with Crippen LogP contribution in [0.3, 0.4) is 0 Å². The molecular formula is C16H24ClN3O. The van der Waals surface area contributed by atoms with Crippen LogP contribution in [0, 0.1) is 19.3 Å². The Morgan fingerprint density at radius 3 is 2.76 bits per heavy atom. The minimum Gasteiger partial charge on any atom is -0.330 e. The van der Waals surface area contributed by atoms with Gasteiger partial charge in [-0.15, -0.1) is 0 Å². The summed E-state index contributed by atoms with van der Waals surface area (Å²) in [4.78, 5) is 14.4. The van der Waals surface area contributed by atoms with Crippen LogP contribution in [0.1, 0.15) is 24.5 Å². The third kappa shape index (κ3) is 3.96. The quantitative estimate of drug-likeness (QED) is 0.898. The molecule has 1 amide bonds. The third-order valence-corrected chi connectivity index (χ3v) is 4.49. The fraction of sp³-hybridized carbons (Fsp3) is 0.562. The largest absolute Gasteiger partial charge is 0.330 e. The monoisotopic (exact) mass is 309 g/mol. The van der Waals surface area contributed by atoms with Crippen molar-refractivity contribution in [3.8, 4) is 0 Å². The minimum atomic E-state index is -0.0230. The summed E-state index contributed by atoms with van der Waals surface area (Å²) in [5.41, 5.74) is 8.73. The van der Waals surface area contributed by atoms with Crippen LogP contribution in [0.15, 0.2) is 12.1 Å². The highest BCUT2D eigenvalue weighted by Gasteiger charge is 2.33. The number of likely N-dealkylation sites (tertiary alicyclic amines) is 1. The van der Waals surface area contributed by atoms with Gasteiger partial charge in [0.1, 0.15) is 0 Å². The number of hydrogen-bond donors (Lipinski definition) is 2. The molecule has 0 spiro atoms. The Kier molecular flexibility index (Phi) is 4.91. The van der Waals surface area contributed by atoms with Crippen molar-refractivity contribution in [1.82, 2.24) is 4.90 Å². The molecule has 1 aromatic carbocycles. The lowest BCUT2D eigenvalue weighted by atomic mass is 9.90. The maximum atomic E-state index is 12.2. The third-order valence-electron chi connectivity index (χ3n) is 4.19. The second kappa shape index (κ2) is 6.34. The van der Waals surface area contributed by atoms with Crippen molar-refractivity contribution in [3.63, 3.8) is 0 Å². The van der Waals surface area contributed by atoms with Gasteiger partial charge in [0.2, 0.25) is 5.91 Å². The van der Waals surface area contributed by atoms with E-state index in [0.717, 1.165) is 30.6 Å². The molecule has 0 bridgehead atoms. The van der Waals surface area contributed by atoms with E-state index >= 15 is 0 Å². The van der Waals surface area contributed by atoms with Crippen molar-refractivity contribution >= 4 is 23.2 Å². The second-order valence-corrected chi connectivity index (χ2v) is 6.87. The molecule has 2 rings (SSSR count). The summed E-state index contributed by atoms with van der Waals surface area (Å²) in [7, 11) is 0. The predicted molar refractivity (Wildman–Crippen MR) is 87.8 cm³/mol. The van der Waals surface area contributed by atoms with E-state index in [1.54, 1.807) is 0 Å². The Labute approximate surface area is 131 Å². The number of carbonyl (C=O) groups excluding carboxylic acids is 1. The standard InChI is InChI=1S/C16H24ClN3O/c1-11-6-12(2)15(13(17)7-11)19-14(21)8-20-5-4-16(3,9-18)10-20/h6-7H,4-5,8-10,18H2,1-3H3,(H,19,21). The van der Waals surface area contributed by atoms with E-state index in [2.05, 4.69) is 17.1 Å². The normalized spacial score (nSPS) is 22.5. The Balaban J connectivity index is 1.97. The van der Waals surface area contributed by atoms with Gasteiger partial charge in [-0.2, -0.15) is 0 Å². The number of aryl methyl sites for hydroxylation is 2. The minimum absolute atomic E-state index is 0.0230. The molecule has 3 N–H and O–H groups in total. The van der Waals surface area contributed by atoms with Crippen LogP contribution in [0.4, 0.5) is 5.69 Å². The fourth-order valence-corrected chi connectivity index (χ4v) is 3.25. The molecule has 0 aliphatic carbocycles. The molecule has 1 heterocycles. The molecule has 1 unspecified atom stereocenters. The highest BCUT2D eigenvalue weighted by Crippen LogP contribution is 2.29. The lowest BCUT2D eigenvalue weighted by Gasteiger charge is -2.22. The molecule has 1 aliphatic rings. The second-order valence-electron chi connectivity index (χ2n) is 6.46. The number of amides is 1. The molecular weight excluding hydrogens is 286 g/mol. The first-order valence-electron chi connectivity index (χ1n) is 7.32. The van der Waals surface area contributed by atoms with Gasteiger partial charge in [0.25, 0.3) is 0 Å². The van der Waals surface area contributed by atoms with Crippen LogP contribution < -0.4 is 11.1 Å². The first-order valence-corrected chi connectivity index (χ1v) is 7.70. The van der Waals surface area contributed by atoms with Gasteiger partial charge < -0.3 is 11.1 Å². The molecule has 4 nitrogen and oxygen atoms in total. The van der Waals surface area contributed by atoms with E-state index in [1.807, 2.05) is 26.0 Å². The number of benzene rings is 1. The maximum Gasteiger partial charge on any atom is 0.238 e. The summed E-state index contributed by atoms with van der Waals surface area (Å²) in [6, 6.07) is 3.88. The average Bonchev–Trinajstić information content (AvgIpc) is 2.76. The summed E-state index contributed by atoms with van der Waals surface area (Å²) >= 11 is 6.22. The SMILES string of the molecule is Cc1cc(C)c(NC(=O)CN2CCC(C)(CN)C2)c(Cl)c1. The number of hydrogen-bond acceptors (Lipinski definition) is 3. The Hall–Kier alpha value is -1.10. The summed E-state index contributed by atoms with van der Waals surface area (Å²) in [5, 5.41) is 3.53.